The van der Waals surface area contributed by atoms with Crippen molar-refractivity contribution in [1.29, 1.82) is 0 Å². The van der Waals surface area contributed by atoms with E-state index in [4.69, 9.17) is 16.3 Å². The highest BCUT2D eigenvalue weighted by molar-refractivity contribution is 7.17. The Balaban J connectivity index is 1.77. The summed E-state index contributed by atoms with van der Waals surface area (Å²) in [5.74, 6) is -1.77. The molecule has 2 aliphatic carbocycles. The number of methoxy groups -OCH3 is 1. The number of carboxylic acids is 1. The molecule has 1 unspecified atom stereocenters. The Morgan fingerprint density at radius 3 is 2.14 bits per heavy atom. The number of aliphatic carboxylic acids is 1. The third-order valence-corrected chi connectivity index (χ3v) is 9.18. The van der Waals surface area contributed by atoms with Gasteiger partial charge in [0.2, 0.25) is 0 Å². The third kappa shape index (κ3) is 4.63. The quantitative estimate of drug-likeness (QED) is 0.414. The van der Waals surface area contributed by atoms with Gasteiger partial charge in [0.05, 0.1) is 24.2 Å². The zero-order valence-electron chi connectivity index (χ0n) is 20.1. The van der Waals surface area contributed by atoms with Gasteiger partial charge >= 0.3 is 11.9 Å². The molecule has 186 valence electrons. The summed E-state index contributed by atoms with van der Waals surface area (Å²) in [5.41, 5.74) is 3.26. The summed E-state index contributed by atoms with van der Waals surface area (Å²) < 4.78 is 6.33. The van der Waals surface area contributed by atoms with Crippen molar-refractivity contribution in [2.24, 2.45) is 11.8 Å². The predicted octanol–water partition coefficient (Wildman–Crippen LogP) is 7.17. The van der Waals surface area contributed by atoms with Gasteiger partial charge in [-0.05, 0) is 72.0 Å². The van der Waals surface area contributed by atoms with Gasteiger partial charge in [-0.1, -0.05) is 50.1 Å². The maximum atomic E-state index is 13.4. The molecule has 5 rings (SSSR count). The smallest absolute Gasteiger partial charge is 0.336 e. The van der Waals surface area contributed by atoms with Gasteiger partial charge in [-0.25, -0.2) is 9.59 Å². The van der Waals surface area contributed by atoms with E-state index in [2.05, 4.69) is 5.32 Å². The zero-order chi connectivity index (χ0) is 24.5. The highest BCUT2D eigenvalue weighted by Crippen LogP contribution is 2.48. The number of carboxylic acid groups (broad SMARTS) is 1. The first-order valence-electron chi connectivity index (χ1n) is 12.7. The highest BCUT2D eigenvalue weighted by atomic mass is 35.5. The summed E-state index contributed by atoms with van der Waals surface area (Å²) in [4.78, 5) is 26.4. The van der Waals surface area contributed by atoms with Crippen LogP contribution in [0.4, 0.5) is 0 Å². The molecule has 35 heavy (non-hydrogen) atoms. The van der Waals surface area contributed by atoms with Crippen LogP contribution in [0.5, 0.6) is 0 Å². The van der Waals surface area contributed by atoms with Gasteiger partial charge in [0.1, 0.15) is 0 Å². The second-order valence-corrected chi connectivity index (χ2v) is 11.4. The molecular weight excluding hydrogens is 482 g/mol. The third-order valence-electron chi connectivity index (χ3n) is 7.97. The fourth-order valence-electron chi connectivity index (χ4n) is 6.29. The fourth-order valence-corrected chi connectivity index (χ4v) is 7.43. The normalized spacial score (nSPS) is 22.4. The van der Waals surface area contributed by atoms with Crippen molar-refractivity contribution in [3.63, 3.8) is 0 Å². The van der Waals surface area contributed by atoms with Crippen molar-refractivity contribution in [2.75, 3.05) is 7.11 Å². The van der Waals surface area contributed by atoms with Crippen LogP contribution in [-0.2, 0) is 14.3 Å². The summed E-state index contributed by atoms with van der Waals surface area (Å²) in [6, 6.07) is 5.70. The van der Waals surface area contributed by atoms with Gasteiger partial charge in [-0.15, -0.1) is 11.3 Å². The molecule has 7 heteroatoms. The molecule has 0 radical (unpaired) electrons. The topological polar surface area (TPSA) is 75.6 Å². The number of carbonyl (C=O) groups excluding carboxylic acids is 1. The van der Waals surface area contributed by atoms with Crippen molar-refractivity contribution in [1.82, 2.24) is 5.32 Å². The van der Waals surface area contributed by atoms with E-state index < -0.39 is 17.9 Å². The molecule has 3 aliphatic rings. The molecule has 0 saturated heterocycles. The SMILES string of the molecule is COC(=O)C1=C(C2CCCCC2)NC(C2CCCCC2)=C(C(=O)O)C1c1csc2ccc(Cl)cc12. The number of halogens is 1. The molecular formula is C28H32ClNO4S. The molecule has 5 nitrogen and oxygen atoms in total. The minimum Gasteiger partial charge on any atom is -0.478 e. The average molecular weight is 514 g/mol. The number of allylic oxidation sites excluding steroid dienone is 2. The molecule has 0 bridgehead atoms. The van der Waals surface area contributed by atoms with Crippen LogP contribution < -0.4 is 5.32 Å². The molecule has 2 heterocycles. The van der Waals surface area contributed by atoms with Crippen molar-refractivity contribution in [3.05, 3.63) is 56.7 Å². The van der Waals surface area contributed by atoms with E-state index in [1.54, 1.807) is 11.3 Å². The second-order valence-electron chi connectivity index (χ2n) is 10.0. The maximum Gasteiger partial charge on any atom is 0.336 e. The Labute approximate surface area is 215 Å². The van der Waals surface area contributed by atoms with Gasteiger partial charge in [-0.2, -0.15) is 0 Å². The maximum absolute atomic E-state index is 13.4. The lowest BCUT2D eigenvalue weighted by atomic mass is 9.72. The van der Waals surface area contributed by atoms with E-state index in [0.29, 0.717) is 10.6 Å². The molecule has 2 fully saturated rings. The Bertz CT molecular complexity index is 1200. The fraction of sp³-hybridized carbons (Fsp3) is 0.500. The Morgan fingerprint density at radius 1 is 0.971 bits per heavy atom. The number of benzene rings is 1. The lowest BCUT2D eigenvalue weighted by Crippen LogP contribution is -2.39. The van der Waals surface area contributed by atoms with Gasteiger partial charge in [0.15, 0.2) is 0 Å². The monoisotopic (exact) mass is 513 g/mol. The van der Waals surface area contributed by atoms with Crippen molar-refractivity contribution in [3.8, 4) is 0 Å². The minimum atomic E-state index is -0.978. The van der Waals surface area contributed by atoms with Crippen molar-refractivity contribution < 1.29 is 19.4 Å². The number of dihydropyridines is 1. The van der Waals surface area contributed by atoms with E-state index in [1.807, 2.05) is 23.6 Å². The Hall–Kier alpha value is -2.31. The minimum absolute atomic E-state index is 0.156. The largest absolute Gasteiger partial charge is 0.478 e. The van der Waals surface area contributed by atoms with Gasteiger partial charge in [0.25, 0.3) is 0 Å². The molecule has 1 atom stereocenters. The Kier molecular flexibility index (Phi) is 7.21. The molecule has 0 amide bonds. The first kappa shape index (κ1) is 24.4. The molecule has 2 N–H and O–H groups in total. The van der Waals surface area contributed by atoms with Crippen LogP contribution in [0.25, 0.3) is 10.1 Å². The van der Waals surface area contributed by atoms with Crippen LogP contribution in [0.15, 0.2) is 46.1 Å². The standard InChI is InChI=1S/C28H32ClNO4S/c1-34-28(33)24-22(20-15-35-21-13-12-18(29)14-19(20)21)23(27(31)32)25(16-8-4-2-5-9-16)30-26(24)17-10-6-3-7-11-17/h12-17,22,30H,2-11H2,1H3,(H,31,32). The summed E-state index contributed by atoms with van der Waals surface area (Å²) in [7, 11) is 1.38. The summed E-state index contributed by atoms with van der Waals surface area (Å²) in [6.45, 7) is 0. The molecule has 1 aromatic heterocycles. The van der Waals surface area contributed by atoms with Gasteiger partial charge in [-0.3, -0.25) is 0 Å². The predicted molar refractivity (Wildman–Crippen MR) is 140 cm³/mol. The summed E-state index contributed by atoms with van der Waals surface area (Å²) >= 11 is 7.93. The Morgan fingerprint density at radius 2 is 1.57 bits per heavy atom. The van der Waals surface area contributed by atoms with Gasteiger partial charge < -0.3 is 15.2 Å². The average Bonchev–Trinajstić information content (AvgIpc) is 3.30. The summed E-state index contributed by atoms with van der Waals surface area (Å²) in [5, 5.41) is 17.7. The lowest BCUT2D eigenvalue weighted by molar-refractivity contribution is -0.136. The number of ether oxygens (including phenoxy) is 1. The molecule has 0 spiro atoms. The van der Waals surface area contributed by atoms with Crippen LogP contribution in [0.3, 0.4) is 0 Å². The molecule has 2 aromatic rings. The van der Waals surface area contributed by atoms with E-state index in [0.717, 1.165) is 78.4 Å². The number of nitrogens with one attached hydrogen (secondary N) is 1. The first-order valence-corrected chi connectivity index (χ1v) is 14.0. The second kappa shape index (κ2) is 10.4. The van der Waals surface area contributed by atoms with Crippen LogP contribution in [-0.4, -0.2) is 24.2 Å². The number of hydrogen-bond acceptors (Lipinski definition) is 5. The zero-order valence-corrected chi connectivity index (χ0v) is 21.6. The van der Waals surface area contributed by atoms with Crippen molar-refractivity contribution >= 4 is 45.0 Å². The van der Waals surface area contributed by atoms with E-state index >= 15 is 0 Å². The number of thiophene rings is 1. The van der Waals surface area contributed by atoms with Crippen LogP contribution in [0, 0.1) is 11.8 Å². The lowest BCUT2D eigenvalue weighted by Gasteiger charge is -2.39. The van der Waals surface area contributed by atoms with Crippen molar-refractivity contribution in [2.45, 2.75) is 70.1 Å². The number of carbonyl (C=O) groups is 2. The van der Waals surface area contributed by atoms with Gasteiger partial charge in [0, 0.05) is 21.1 Å². The molecule has 2 saturated carbocycles. The summed E-state index contributed by atoms with van der Waals surface area (Å²) in [6.07, 6.45) is 10.7. The number of hydrogen-bond donors (Lipinski definition) is 2. The molecule has 1 aliphatic heterocycles. The number of rotatable bonds is 5. The number of fused-ring (bicyclic) bond motifs is 1. The van der Waals surface area contributed by atoms with E-state index in [-0.39, 0.29) is 17.4 Å². The highest BCUT2D eigenvalue weighted by Gasteiger charge is 2.43. The molecule has 1 aromatic carbocycles. The van der Waals surface area contributed by atoms with Crippen LogP contribution >= 0.6 is 22.9 Å². The van der Waals surface area contributed by atoms with E-state index in [1.165, 1.54) is 20.0 Å². The van der Waals surface area contributed by atoms with E-state index in [9.17, 15) is 14.7 Å². The van der Waals surface area contributed by atoms with Crippen LogP contribution in [0.2, 0.25) is 5.02 Å². The number of esters is 1. The first-order chi connectivity index (χ1) is 17.0. The van der Waals surface area contributed by atoms with Crippen LogP contribution in [0.1, 0.15) is 75.7 Å².